The Bertz CT molecular complexity index is 1050. The van der Waals surface area contributed by atoms with Gasteiger partial charge in [0.05, 0.1) is 6.17 Å². The molecule has 0 bridgehead atoms. The van der Waals surface area contributed by atoms with Crippen molar-refractivity contribution in [3.63, 3.8) is 0 Å². The van der Waals surface area contributed by atoms with Crippen molar-refractivity contribution in [2.75, 3.05) is 37.6 Å². The average molecular weight is 403 g/mol. The van der Waals surface area contributed by atoms with E-state index >= 15 is 0 Å². The summed E-state index contributed by atoms with van der Waals surface area (Å²) in [5.74, 6) is 0.187. The average Bonchev–Trinajstić information content (AvgIpc) is 3.10. The van der Waals surface area contributed by atoms with Gasteiger partial charge < -0.3 is 14.4 Å². The van der Waals surface area contributed by atoms with Crippen molar-refractivity contribution in [2.45, 2.75) is 25.9 Å². The molecule has 1 amide bonds. The van der Waals surface area contributed by atoms with Crippen LogP contribution in [0.5, 0.6) is 0 Å². The first-order valence-corrected chi connectivity index (χ1v) is 11.1. The van der Waals surface area contributed by atoms with Crippen LogP contribution in [0.3, 0.4) is 0 Å². The normalized spacial score (nSPS) is 18.7. The van der Waals surface area contributed by atoms with E-state index in [-0.39, 0.29) is 12.1 Å². The van der Waals surface area contributed by atoms with Gasteiger partial charge in [-0.05, 0) is 36.6 Å². The molecule has 0 N–H and O–H groups in total. The topological polar surface area (TPSA) is 31.7 Å². The van der Waals surface area contributed by atoms with Crippen molar-refractivity contribution in [1.82, 2.24) is 14.4 Å². The summed E-state index contributed by atoms with van der Waals surface area (Å²) in [6.07, 6.45) is 2.06. The van der Waals surface area contributed by atoms with Gasteiger partial charge in [-0.15, -0.1) is 0 Å². The quantitative estimate of drug-likeness (QED) is 0.666. The number of rotatable bonds is 4. The van der Waals surface area contributed by atoms with Gasteiger partial charge in [-0.3, -0.25) is 9.69 Å². The number of hydrogen-bond donors (Lipinski definition) is 0. The number of nitrogens with zero attached hydrogens (tertiary/aromatic N) is 4. The molecule has 1 saturated heterocycles. The molecule has 3 heterocycles. The molecule has 1 aromatic heterocycles. The van der Waals surface area contributed by atoms with Crippen molar-refractivity contribution in [1.29, 1.82) is 0 Å². The summed E-state index contributed by atoms with van der Waals surface area (Å²) in [5, 5.41) is 1.23. The van der Waals surface area contributed by atoms with Crippen molar-refractivity contribution in [3.05, 3.63) is 65.9 Å². The Morgan fingerprint density at radius 2 is 1.60 bits per heavy atom. The Morgan fingerprint density at radius 1 is 0.900 bits per heavy atom. The van der Waals surface area contributed by atoms with E-state index in [1.807, 2.05) is 7.05 Å². The fraction of sp³-hybridized carbons (Fsp3) is 0.400. The van der Waals surface area contributed by atoms with Gasteiger partial charge in [0.15, 0.2) is 0 Å². The first kappa shape index (κ1) is 19.2. The van der Waals surface area contributed by atoms with Crippen molar-refractivity contribution < 1.29 is 4.79 Å². The number of aryl methyl sites for hydroxylation is 1. The van der Waals surface area contributed by atoms with Gasteiger partial charge in [0.25, 0.3) is 5.91 Å². The van der Waals surface area contributed by atoms with E-state index in [0.29, 0.717) is 0 Å². The highest BCUT2D eigenvalue weighted by Crippen LogP contribution is 2.31. The van der Waals surface area contributed by atoms with E-state index in [9.17, 15) is 4.79 Å². The largest absolute Gasteiger partial charge is 0.369 e. The van der Waals surface area contributed by atoms with Gasteiger partial charge in [0, 0.05) is 56.4 Å². The molecule has 156 valence electrons. The summed E-state index contributed by atoms with van der Waals surface area (Å²) in [4.78, 5) is 20.7. The van der Waals surface area contributed by atoms with E-state index in [0.717, 1.165) is 56.8 Å². The molecule has 2 aliphatic heterocycles. The van der Waals surface area contributed by atoms with Crippen LogP contribution in [0.15, 0.2) is 54.6 Å². The highest BCUT2D eigenvalue weighted by molar-refractivity contribution is 6.03. The van der Waals surface area contributed by atoms with Gasteiger partial charge in [-0.2, -0.15) is 0 Å². The van der Waals surface area contributed by atoms with Gasteiger partial charge in [0.1, 0.15) is 5.69 Å². The summed E-state index contributed by atoms with van der Waals surface area (Å²) in [5.41, 5.74) is 4.54. The molecule has 0 radical (unpaired) electrons. The molecule has 0 spiro atoms. The van der Waals surface area contributed by atoms with E-state index in [1.165, 1.54) is 16.6 Å². The zero-order valence-electron chi connectivity index (χ0n) is 17.9. The van der Waals surface area contributed by atoms with Crippen molar-refractivity contribution in [2.24, 2.45) is 7.05 Å². The minimum Gasteiger partial charge on any atom is -0.369 e. The molecule has 30 heavy (non-hydrogen) atoms. The Kier molecular flexibility index (Phi) is 4.99. The third-order valence-corrected chi connectivity index (χ3v) is 6.86. The molecule has 5 nitrogen and oxygen atoms in total. The second-order valence-electron chi connectivity index (χ2n) is 8.40. The zero-order chi connectivity index (χ0) is 20.7. The summed E-state index contributed by atoms with van der Waals surface area (Å²) in [7, 11) is 2.03. The van der Waals surface area contributed by atoms with Crippen LogP contribution in [0, 0.1) is 0 Å². The number of para-hydroxylation sites is 2. The summed E-state index contributed by atoms with van der Waals surface area (Å²) >= 11 is 0. The summed E-state index contributed by atoms with van der Waals surface area (Å²) in [6.45, 7) is 6.98. The Morgan fingerprint density at radius 3 is 2.33 bits per heavy atom. The minimum absolute atomic E-state index is 0.168. The molecule has 5 rings (SSSR count). The lowest BCUT2D eigenvalue weighted by molar-refractivity contribution is 0.0240. The molecule has 2 aliphatic rings. The fourth-order valence-corrected chi connectivity index (χ4v) is 5.34. The molecule has 3 aromatic rings. The number of carbonyl (C=O) groups is 1. The summed E-state index contributed by atoms with van der Waals surface area (Å²) in [6, 6.07) is 19.0. The van der Waals surface area contributed by atoms with Crippen LogP contribution in [0.1, 0.15) is 29.4 Å². The third-order valence-electron chi connectivity index (χ3n) is 6.86. The van der Waals surface area contributed by atoms with Gasteiger partial charge in [-0.25, -0.2) is 0 Å². The maximum Gasteiger partial charge on any atom is 0.272 e. The maximum absolute atomic E-state index is 13.6. The van der Waals surface area contributed by atoms with Crippen molar-refractivity contribution >= 4 is 22.5 Å². The molecule has 1 unspecified atom stereocenters. The van der Waals surface area contributed by atoms with Crippen molar-refractivity contribution in [3.8, 4) is 0 Å². The van der Waals surface area contributed by atoms with Crippen LogP contribution in [0.2, 0.25) is 0 Å². The van der Waals surface area contributed by atoms with Gasteiger partial charge in [0.2, 0.25) is 0 Å². The highest BCUT2D eigenvalue weighted by Gasteiger charge is 2.36. The molecule has 1 fully saturated rings. The summed E-state index contributed by atoms with van der Waals surface area (Å²) < 4.78 is 2.10. The van der Waals surface area contributed by atoms with E-state index in [4.69, 9.17) is 0 Å². The molecular weight excluding hydrogens is 372 g/mol. The van der Waals surface area contributed by atoms with Crippen LogP contribution in [-0.2, 0) is 13.5 Å². The van der Waals surface area contributed by atoms with Crippen LogP contribution in [-0.4, -0.2) is 59.2 Å². The lowest BCUT2D eigenvalue weighted by Crippen LogP contribution is -2.58. The van der Waals surface area contributed by atoms with E-state index in [1.54, 1.807) is 0 Å². The minimum atomic E-state index is 0.168. The maximum atomic E-state index is 13.6. The smallest absolute Gasteiger partial charge is 0.272 e. The van der Waals surface area contributed by atoms with Crippen LogP contribution in [0.25, 0.3) is 10.9 Å². The molecule has 0 saturated carbocycles. The lowest BCUT2D eigenvalue weighted by Gasteiger charge is -2.45. The Hall–Kier alpha value is -2.79. The van der Waals surface area contributed by atoms with Crippen LogP contribution in [0.4, 0.5) is 5.69 Å². The van der Waals surface area contributed by atoms with Gasteiger partial charge >= 0.3 is 0 Å². The Labute approximate surface area is 178 Å². The molecule has 1 atom stereocenters. The SMILES string of the molecule is CCC(N1CCN(c2ccccc2)CC1)N1CCc2c(n(C)c3ccccc23)C1=O. The zero-order valence-corrected chi connectivity index (χ0v) is 17.9. The van der Waals surface area contributed by atoms with Gasteiger partial charge in [-0.1, -0.05) is 43.3 Å². The third kappa shape index (κ3) is 3.08. The first-order chi connectivity index (χ1) is 14.7. The molecule has 2 aromatic carbocycles. The lowest BCUT2D eigenvalue weighted by atomic mass is 10.0. The molecular formula is C25H30N4O. The highest BCUT2D eigenvalue weighted by atomic mass is 16.2. The second kappa shape index (κ2) is 7.80. The number of piperazine rings is 1. The standard InChI is InChI=1S/C25H30N4O/c1-3-23(28-17-15-27(16-18-28)19-9-5-4-6-10-19)29-14-13-21-20-11-7-8-12-22(20)26(2)24(21)25(29)30/h4-12,23H,3,13-18H2,1-2H3. The predicted molar refractivity (Wildman–Crippen MR) is 122 cm³/mol. The number of fused-ring (bicyclic) bond motifs is 3. The molecule has 0 aliphatic carbocycles. The number of hydrogen-bond acceptors (Lipinski definition) is 3. The number of aromatic nitrogens is 1. The predicted octanol–water partition coefficient (Wildman–Crippen LogP) is 3.73. The monoisotopic (exact) mass is 402 g/mol. The number of carbonyl (C=O) groups excluding carboxylic acids is 1. The number of amides is 1. The van der Waals surface area contributed by atoms with Crippen LogP contribution >= 0.6 is 0 Å². The van der Waals surface area contributed by atoms with E-state index in [2.05, 4.69) is 80.8 Å². The van der Waals surface area contributed by atoms with Crippen LogP contribution < -0.4 is 4.90 Å². The first-order valence-electron chi connectivity index (χ1n) is 11.1. The fourth-order valence-electron chi connectivity index (χ4n) is 5.34. The second-order valence-corrected chi connectivity index (χ2v) is 8.40. The van der Waals surface area contributed by atoms with E-state index < -0.39 is 0 Å². The number of anilines is 1. The Balaban J connectivity index is 1.36. The number of benzene rings is 2. The molecule has 5 heteroatoms.